The van der Waals surface area contributed by atoms with E-state index in [4.69, 9.17) is 16.2 Å². The standard InChI is InChI=1S/C9H21N3O2/c1-12(6-9(11)13)8(7-14-2)4-3-5-10/h8H,3-7,10H2,1-2H3,(H2,11,13). The average molecular weight is 203 g/mol. The molecule has 0 spiro atoms. The zero-order chi connectivity index (χ0) is 11.0. The van der Waals surface area contributed by atoms with Gasteiger partial charge in [0.25, 0.3) is 0 Å². The molecule has 5 nitrogen and oxygen atoms in total. The molecule has 0 fully saturated rings. The Kier molecular flexibility index (Phi) is 7.37. The van der Waals surface area contributed by atoms with Crippen LogP contribution in [0.3, 0.4) is 0 Å². The highest BCUT2D eigenvalue weighted by atomic mass is 16.5. The second-order valence-corrected chi connectivity index (χ2v) is 3.42. The van der Waals surface area contributed by atoms with Crippen molar-refractivity contribution in [2.75, 3.05) is 33.9 Å². The van der Waals surface area contributed by atoms with Gasteiger partial charge < -0.3 is 16.2 Å². The van der Waals surface area contributed by atoms with Crippen LogP contribution in [0.1, 0.15) is 12.8 Å². The Labute approximate surface area is 85.4 Å². The zero-order valence-corrected chi connectivity index (χ0v) is 9.03. The van der Waals surface area contributed by atoms with Crippen molar-refractivity contribution in [1.29, 1.82) is 0 Å². The Morgan fingerprint density at radius 2 is 2.21 bits per heavy atom. The minimum absolute atomic E-state index is 0.219. The van der Waals surface area contributed by atoms with Gasteiger partial charge in [-0.1, -0.05) is 0 Å². The van der Waals surface area contributed by atoms with Crippen LogP contribution in [-0.4, -0.2) is 50.7 Å². The van der Waals surface area contributed by atoms with Crippen LogP contribution >= 0.6 is 0 Å². The molecule has 84 valence electrons. The van der Waals surface area contributed by atoms with E-state index in [0.717, 1.165) is 12.8 Å². The van der Waals surface area contributed by atoms with Gasteiger partial charge in [0.05, 0.1) is 13.2 Å². The number of carbonyl (C=O) groups excluding carboxylic acids is 1. The molecule has 0 aromatic carbocycles. The molecule has 14 heavy (non-hydrogen) atoms. The molecule has 0 aliphatic heterocycles. The number of hydrogen-bond acceptors (Lipinski definition) is 4. The van der Waals surface area contributed by atoms with Gasteiger partial charge in [-0.25, -0.2) is 0 Å². The van der Waals surface area contributed by atoms with E-state index < -0.39 is 0 Å². The molecular formula is C9H21N3O2. The summed E-state index contributed by atoms with van der Waals surface area (Å²) in [4.78, 5) is 12.6. The van der Waals surface area contributed by atoms with E-state index in [1.807, 2.05) is 11.9 Å². The quantitative estimate of drug-likeness (QED) is 0.539. The number of nitrogens with zero attached hydrogens (tertiary/aromatic N) is 1. The van der Waals surface area contributed by atoms with Gasteiger partial charge in [-0.3, -0.25) is 9.69 Å². The molecule has 0 aliphatic rings. The number of carbonyl (C=O) groups is 1. The Bertz CT molecular complexity index is 164. The molecule has 0 saturated heterocycles. The molecule has 4 N–H and O–H groups in total. The largest absolute Gasteiger partial charge is 0.383 e. The molecule has 1 atom stereocenters. The SMILES string of the molecule is COCC(CCCN)N(C)CC(N)=O. The maximum absolute atomic E-state index is 10.7. The molecule has 0 aromatic rings. The first-order valence-electron chi connectivity index (χ1n) is 4.79. The predicted octanol–water partition coefficient (Wildman–Crippen LogP) is -0.843. The fraction of sp³-hybridized carbons (Fsp3) is 0.889. The summed E-state index contributed by atoms with van der Waals surface area (Å²) < 4.78 is 5.07. The zero-order valence-electron chi connectivity index (χ0n) is 9.03. The Balaban J connectivity index is 3.96. The van der Waals surface area contributed by atoms with E-state index in [-0.39, 0.29) is 18.5 Å². The van der Waals surface area contributed by atoms with E-state index in [0.29, 0.717) is 13.2 Å². The van der Waals surface area contributed by atoms with E-state index >= 15 is 0 Å². The molecule has 0 radical (unpaired) electrons. The predicted molar refractivity (Wildman–Crippen MR) is 55.8 cm³/mol. The average Bonchev–Trinajstić information content (AvgIpc) is 2.10. The van der Waals surface area contributed by atoms with Crippen molar-refractivity contribution in [3.63, 3.8) is 0 Å². The Morgan fingerprint density at radius 1 is 1.57 bits per heavy atom. The first-order valence-corrected chi connectivity index (χ1v) is 4.79. The molecule has 0 aromatic heterocycles. The monoisotopic (exact) mass is 203 g/mol. The van der Waals surface area contributed by atoms with Crippen molar-refractivity contribution in [3.8, 4) is 0 Å². The third-order valence-electron chi connectivity index (χ3n) is 2.13. The summed E-state index contributed by atoms with van der Waals surface area (Å²) in [6.07, 6.45) is 1.85. The summed E-state index contributed by atoms with van der Waals surface area (Å²) in [6, 6.07) is 0.219. The number of likely N-dealkylation sites (N-methyl/N-ethyl adjacent to an activating group) is 1. The van der Waals surface area contributed by atoms with Gasteiger partial charge in [-0.05, 0) is 26.4 Å². The third-order valence-corrected chi connectivity index (χ3v) is 2.13. The summed E-state index contributed by atoms with van der Waals surface area (Å²) in [5.74, 6) is -0.318. The van der Waals surface area contributed by atoms with E-state index in [2.05, 4.69) is 0 Å². The first kappa shape index (κ1) is 13.4. The van der Waals surface area contributed by atoms with Crippen LogP contribution in [0.2, 0.25) is 0 Å². The second-order valence-electron chi connectivity index (χ2n) is 3.42. The lowest BCUT2D eigenvalue weighted by Crippen LogP contribution is -2.41. The van der Waals surface area contributed by atoms with Gasteiger partial charge in [0.2, 0.25) is 5.91 Å². The molecule has 0 bridgehead atoms. The van der Waals surface area contributed by atoms with Crippen LogP contribution in [0.4, 0.5) is 0 Å². The Morgan fingerprint density at radius 3 is 2.64 bits per heavy atom. The van der Waals surface area contributed by atoms with Crippen LogP contribution in [-0.2, 0) is 9.53 Å². The maximum atomic E-state index is 10.7. The second kappa shape index (κ2) is 7.73. The molecule has 0 rings (SSSR count). The van der Waals surface area contributed by atoms with Crippen molar-refractivity contribution in [2.45, 2.75) is 18.9 Å². The molecular weight excluding hydrogens is 182 g/mol. The Hall–Kier alpha value is -0.650. The van der Waals surface area contributed by atoms with Gasteiger partial charge in [0, 0.05) is 13.2 Å². The lowest BCUT2D eigenvalue weighted by atomic mass is 10.1. The molecule has 5 heteroatoms. The van der Waals surface area contributed by atoms with Crippen molar-refractivity contribution < 1.29 is 9.53 Å². The fourth-order valence-electron chi connectivity index (χ4n) is 1.35. The van der Waals surface area contributed by atoms with Gasteiger partial charge >= 0.3 is 0 Å². The number of methoxy groups -OCH3 is 1. The first-order chi connectivity index (χ1) is 6.61. The topological polar surface area (TPSA) is 81.6 Å². The number of primary amides is 1. The van der Waals surface area contributed by atoms with Crippen LogP contribution in [0.5, 0.6) is 0 Å². The summed E-state index contributed by atoms with van der Waals surface area (Å²) in [5.41, 5.74) is 10.5. The summed E-state index contributed by atoms with van der Waals surface area (Å²) in [6.45, 7) is 1.52. The van der Waals surface area contributed by atoms with Crippen molar-refractivity contribution >= 4 is 5.91 Å². The number of rotatable bonds is 8. The summed E-state index contributed by atoms with van der Waals surface area (Å²) >= 11 is 0. The van der Waals surface area contributed by atoms with Gasteiger partial charge in [-0.2, -0.15) is 0 Å². The highest BCUT2D eigenvalue weighted by Gasteiger charge is 2.15. The van der Waals surface area contributed by atoms with Crippen LogP contribution in [0.25, 0.3) is 0 Å². The molecule has 0 saturated carbocycles. The van der Waals surface area contributed by atoms with Crippen molar-refractivity contribution in [1.82, 2.24) is 4.90 Å². The summed E-state index contributed by atoms with van der Waals surface area (Å²) in [5, 5.41) is 0. The van der Waals surface area contributed by atoms with Gasteiger partial charge in [0.15, 0.2) is 0 Å². The van der Waals surface area contributed by atoms with E-state index in [9.17, 15) is 4.79 Å². The van der Waals surface area contributed by atoms with Crippen LogP contribution in [0, 0.1) is 0 Å². The lowest BCUT2D eigenvalue weighted by Gasteiger charge is -2.26. The van der Waals surface area contributed by atoms with E-state index in [1.165, 1.54) is 0 Å². The van der Waals surface area contributed by atoms with Crippen molar-refractivity contribution in [2.24, 2.45) is 11.5 Å². The number of amides is 1. The van der Waals surface area contributed by atoms with E-state index in [1.54, 1.807) is 7.11 Å². The summed E-state index contributed by atoms with van der Waals surface area (Å²) in [7, 11) is 3.51. The van der Waals surface area contributed by atoms with Gasteiger partial charge in [0.1, 0.15) is 0 Å². The molecule has 1 amide bonds. The minimum atomic E-state index is -0.318. The number of nitrogens with two attached hydrogens (primary N) is 2. The fourth-order valence-corrected chi connectivity index (χ4v) is 1.35. The minimum Gasteiger partial charge on any atom is -0.383 e. The van der Waals surface area contributed by atoms with Crippen molar-refractivity contribution in [3.05, 3.63) is 0 Å². The molecule has 0 heterocycles. The number of hydrogen-bond donors (Lipinski definition) is 2. The smallest absolute Gasteiger partial charge is 0.231 e. The third kappa shape index (κ3) is 5.90. The molecule has 0 aliphatic carbocycles. The highest BCUT2D eigenvalue weighted by molar-refractivity contribution is 5.75. The molecule has 1 unspecified atom stereocenters. The number of ether oxygens (including phenoxy) is 1. The van der Waals surface area contributed by atoms with Crippen LogP contribution < -0.4 is 11.5 Å². The van der Waals surface area contributed by atoms with Crippen LogP contribution in [0.15, 0.2) is 0 Å². The normalized spacial score (nSPS) is 13.1. The maximum Gasteiger partial charge on any atom is 0.231 e. The highest BCUT2D eigenvalue weighted by Crippen LogP contribution is 2.04. The lowest BCUT2D eigenvalue weighted by molar-refractivity contribution is -0.119. The van der Waals surface area contributed by atoms with Gasteiger partial charge in [-0.15, -0.1) is 0 Å².